The van der Waals surface area contributed by atoms with E-state index in [1.165, 1.54) is 6.39 Å². The number of carbonyl (C=O) groups is 1. The summed E-state index contributed by atoms with van der Waals surface area (Å²) < 4.78 is 5.19. The van der Waals surface area contributed by atoms with Crippen LogP contribution in [0, 0.1) is 6.92 Å². The van der Waals surface area contributed by atoms with E-state index in [1.54, 1.807) is 24.3 Å². The summed E-state index contributed by atoms with van der Waals surface area (Å²) >= 11 is 0. The van der Waals surface area contributed by atoms with E-state index in [4.69, 9.17) is 9.52 Å². The summed E-state index contributed by atoms with van der Waals surface area (Å²) in [5, 5.41) is 8.73. The lowest BCUT2D eigenvalue weighted by molar-refractivity contribution is 0.0697. The second kappa shape index (κ2) is 5.84. The fraction of sp³-hybridized carbons (Fsp3) is 0.231. The molecular weight excluding hydrogens is 218 g/mol. The monoisotopic (exact) mass is 233 g/mol. The quantitative estimate of drug-likeness (QED) is 0.863. The van der Waals surface area contributed by atoms with Crippen LogP contribution in [0.2, 0.25) is 0 Å². The molecule has 4 heteroatoms. The Labute approximate surface area is 99.9 Å². The first kappa shape index (κ1) is 13.0. The van der Waals surface area contributed by atoms with Gasteiger partial charge in [-0.1, -0.05) is 26.0 Å². The Balaban J connectivity index is 0.000000686. The highest BCUT2D eigenvalue weighted by atomic mass is 16.4. The van der Waals surface area contributed by atoms with Gasteiger partial charge in [-0.05, 0) is 19.1 Å². The molecule has 0 aliphatic carbocycles. The van der Waals surface area contributed by atoms with Gasteiger partial charge in [0.1, 0.15) is 0 Å². The van der Waals surface area contributed by atoms with Gasteiger partial charge >= 0.3 is 5.97 Å². The number of carboxylic acid groups (broad SMARTS) is 1. The lowest BCUT2D eigenvalue weighted by atomic mass is 10.1. The van der Waals surface area contributed by atoms with E-state index in [-0.39, 0.29) is 5.56 Å². The molecule has 0 bridgehead atoms. The van der Waals surface area contributed by atoms with E-state index < -0.39 is 5.97 Å². The van der Waals surface area contributed by atoms with Gasteiger partial charge in [-0.15, -0.1) is 0 Å². The number of carboxylic acids is 1. The maximum absolute atomic E-state index is 10.6. The van der Waals surface area contributed by atoms with E-state index in [9.17, 15) is 4.79 Å². The molecule has 0 fully saturated rings. The van der Waals surface area contributed by atoms with Crippen LogP contribution in [0.5, 0.6) is 0 Å². The minimum absolute atomic E-state index is 0.260. The van der Waals surface area contributed by atoms with Crippen molar-refractivity contribution in [3.63, 3.8) is 0 Å². The molecule has 0 radical (unpaired) electrons. The van der Waals surface area contributed by atoms with Crippen molar-refractivity contribution in [2.75, 3.05) is 0 Å². The summed E-state index contributed by atoms with van der Waals surface area (Å²) in [5.74, 6) is -0.261. The van der Waals surface area contributed by atoms with Crippen LogP contribution in [-0.2, 0) is 0 Å². The van der Waals surface area contributed by atoms with Crippen molar-refractivity contribution in [3.8, 4) is 11.3 Å². The van der Waals surface area contributed by atoms with Gasteiger partial charge in [0.15, 0.2) is 12.2 Å². The van der Waals surface area contributed by atoms with Crippen molar-refractivity contribution < 1.29 is 14.3 Å². The predicted octanol–water partition coefficient (Wildman–Crippen LogP) is 3.37. The van der Waals surface area contributed by atoms with E-state index in [0.717, 1.165) is 11.3 Å². The number of aromatic carboxylic acids is 1. The van der Waals surface area contributed by atoms with Crippen molar-refractivity contribution in [3.05, 3.63) is 41.9 Å². The Kier molecular flexibility index (Phi) is 4.46. The van der Waals surface area contributed by atoms with Crippen LogP contribution >= 0.6 is 0 Å². The smallest absolute Gasteiger partial charge is 0.335 e. The summed E-state index contributed by atoms with van der Waals surface area (Å²) in [4.78, 5) is 14.6. The Morgan fingerprint density at radius 1 is 1.24 bits per heavy atom. The lowest BCUT2D eigenvalue weighted by Gasteiger charge is -1.98. The van der Waals surface area contributed by atoms with E-state index in [0.29, 0.717) is 5.76 Å². The van der Waals surface area contributed by atoms with Gasteiger partial charge in [-0.2, -0.15) is 0 Å². The molecule has 1 aromatic heterocycles. The average molecular weight is 233 g/mol. The zero-order valence-corrected chi connectivity index (χ0v) is 10.1. The van der Waals surface area contributed by atoms with E-state index >= 15 is 0 Å². The third-order valence-electron chi connectivity index (χ3n) is 2.14. The molecule has 0 aliphatic rings. The van der Waals surface area contributed by atoms with Gasteiger partial charge in [0.25, 0.3) is 0 Å². The highest BCUT2D eigenvalue weighted by Gasteiger charge is 2.07. The summed E-state index contributed by atoms with van der Waals surface area (Å²) in [6.07, 6.45) is 1.37. The van der Waals surface area contributed by atoms with Crippen LogP contribution < -0.4 is 0 Å². The van der Waals surface area contributed by atoms with Crippen LogP contribution in [0.15, 0.2) is 35.1 Å². The molecule has 1 heterocycles. The van der Waals surface area contributed by atoms with Crippen LogP contribution in [0.3, 0.4) is 0 Å². The molecule has 2 rings (SSSR count). The first-order valence-electron chi connectivity index (χ1n) is 5.42. The van der Waals surface area contributed by atoms with Crippen molar-refractivity contribution in [1.82, 2.24) is 4.98 Å². The van der Waals surface area contributed by atoms with Gasteiger partial charge in [-0.3, -0.25) is 0 Å². The van der Waals surface area contributed by atoms with Crippen LogP contribution in [0.4, 0.5) is 0 Å². The summed E-state index contributed by atoms with van der Waals surface area (Å²) in [6, 6.07) is 6.49. The van der Waals surface area contributed by atoms with Gasteiger partial charge in [0.2, 0.25) is 0 Å². The summed E-state index contributed by atoms with van der Waals surface area (Å²) in [5.41, 5.74) is 1.88. The molecule has 2 aromatic rings. The van der Waals surface area contributed by atoms with Crippen LogP contribution in [0.1, 0.15) is 29.9 Å². The highest BCUT2D eigenvalue weighted by molar-refractivity contribution is 5.88. The molecule has 0 amide bonds. The zero-order chi connectivity index (χ0) is 12.8. The largest absolute Gasteiger partial charge is 0.478 e. The Morgan fingerprint density at radius 3 is 2.24 bits per heavy atom. The number of benzene rings is 1. The highest BCUT2D eigenvalue weighted by Crippen LogP contribution is 2.22. The molecule has 0 saturated heterocycles. The number of hydrogen-bond donors (Lipinski definition) is 1. The average Bonchev–Trinajstić information content (AvgIpc) is 2.78. The normalized spacial score (nSPS) is 9.35. The van der Waals surface area contributed by atoms with E-state index in [2.05, 4.69) is 4.98 Å². The van der Waals surface area contributed by atoms with Crippen LogP contribution in [0.25, 0.3) is 11.3 Å². The summed E-state index contributed by atoms with van der Waals surface area (Å²) in [6.45, 7) is 5.84. The molecule has 0 spiro atoms. The molecule has 0 unspecified atom stereocenters. The first-order chi connectivity index (χ1) is 8.18. The van der Waals surface area contributed by atoms with Gasteiger partial charge in [0, 0.05) is 5.56 Å². The first-order valence-corrected chi connectivity index (χ1v) is 5.42. The number of nitrogens with zero attached hydrogens (tertiary/aromatic N) is 1. The van der Waals surface area contributed by atoms with Gasteiger partial charge in [-0.25, -0.2) is 9.78 Å². The lowest BCUT2D eigenvalue weighted by Crippen LogP contribution is -1.94. The Hall–Kier alpha value is -2.10. The van der Waals surface area contributed by atoms with E-state index in [1.807, 2.05) is 20.8 Å². The molecule has 1 N–H and O–H groups in total. The molecule has 1 aromatic carbocycles. The minimum atomic E-state index is -0.934. The third-order valence-corrected chi connectivity index (χ3v) is 2.14. The van der Waals surface area contributed by atoms with Crippen molar-refractivity contribution in [2.24, 2.45) is 0 Å². The van der Waals surface area contributed by atoms with Crippen molar-refractivity contribution >= 4 is 5.97 Å². The van der Waals surface area contributed by atoms with Crippen LogP contribution in [-0.4, -0.2) is 16.1 Å². The van der Waals surface area contributed by atoms with Crippen molar-refractivity contribution in [1.29, 1.82) is 0 Å². The van der Waals surface area contributed by atoms with Gasteiger partial charge in [0.05, 0.1) is 11.3 Å². The molecule has 0 saturated carbocycles. The second-order valence-electron chi connectivity index (χ2n) is 3.15. The zero-order valence-electron chi connectivity index (χ0n) is 10.1. The minimum Gasteiger partial charge on any atom is -0.478 e. The Bertz CT molecular complexity index is 486. The molecular formula is C13H15NO3. The Morgan fingerprint density at radius 2 is 1.82 bits per heavy atom. The standard InChI is InChI=1S/C11H9NO3.C2H6/c1-7-10(15-6-12-7)8-2-4-9(5-3-8)11(13)14;1-2/h2-6H,1H3,(H,13,14);1-2H3. The number of rotatable bonds is 2. The topological polar surface area (TPSA) is 63.3 Å². The number of aryl methyl sites for hydroxylation is 1. The molecule has 90 valence electrons. The van der Waals surface area contributed by atoms with Crippen molar-refractivity contribution in [2.45, 2.75) is 20.8 Å². The second-order valence-corrected chi connectivity index (χ2v) is 3.15. The molecule has 4 nitrogen and oxygen atoms in total. The number of oxazole rings is 1. The predicted molar refractivity (Wildman–Crippen MR) is 65.0 cm³/mol. The molecule has 0 atom stereocenters. The maximum Gasteiger partial charge on any atom is 0.335 e. The summed E-state index contributed by atoms with van der Waals surface area (Å²) in [7, 11) is 0. The third kappa shape index (κ3) is 2.93. The fourth-order valence-corrected chi connectivity index (χ4v) is 1.34. The fourth-order valence-electron chi connectivity index (χ4n) is 1.34. The molecule has 17 heavy (non-hydrogen) atoms. The SMILES string of the molecule is CC.Cc1ncoc1-c1ccc(C(=O)O)cc1. The number of aromatic nitrogens is 1. The maximum atomic E-state index is 10.6. The number of hydrogen-bond acceptors (Lipinski definition) is 3. The van der Waals surface area contributed by atoms with Gasteiger partial charge < -0.3 is 9.52 Å². The molecule has 0 aliphatic heterocycles.